The molecule has 2 heterocycles. The quantitative estimate of drug-likeness (QED) is 0.716. The number of ether oxygens (including phenoxy) is 3. The van der Waals surface area contributed by atoms with Crippen LogP contribution < -0.4 is 10.1 Å². The number of hydrogen-bond donors (Lipinski definition) is 1. The number of nitriles is 1. The van der Waals surface area contributed by atoms with Crippen LogP contribution in [0.5, 0.6) is 5.75 Å². The number of nitrogens with zero attached hydrogens (tertiary/aromatic N) is 1. The molecule has 0 spiro atoms. The summed E-state index contributed by atoms with van der Waals surface area (Å²) in [5.74, 6) is -0.469. The second kappa shape index (κ2) is 9.35. The van der Waals surface area contributed by atoms with Crippen molar-refractivity contribution in [3.8, 4) is 11.8 Å². The van der Waals surface area contributed by atoms with Crippen molar-refractivity contribution in [1.82, 2.24) is 0 Å². The lowest BCUT2D eigenvalue weighted by atomic mass is 10.2. The van der Waals surface area contributed by atoms with Crippen LogP contribution >= 0.6 is 11.3 Å². The van der Waals surface area contributed by atoms with Gasteiger partial charge in [0.25, 0.3) is 5.91 Å². The van der Waals surface area contributed by atoms with E-state index in [0.717, 1.165) is 19.4 Å². The fourth-order valence-electron chi connectivity index (χ4n) is 2.64. The minimum Gasteiger partial charge on any atom is -0.491 e. The Kier molecular flexibility index (Phi) is 6.63. The molecule has 7 nitrogen and oxygen atoms in total. The van der Waals surface area contributed by atoms with Gasteiger partial charge in [0.2, 0.25) is 0 Å². The zero-order chi connectivity index (χ0) is 19.9. The maximum absolute atomic E-state index is 12.3. The highest BCUT2D eigenvalue weighted by Gasteiger charge is 2.21. The van der Waals surface area contributed by atoms with Gasteiger partial charge in [-0.2, -0.15) is 5.26 Å². The molecule has 3 rings (SSSR count). The van der Waals surface area contributed by atoms with E-state index in [2.05, 4.69) is 5.32 Å². The van der Waals surface area contributed by atoms with Crippen LogP contribution in [0.1, 0.15) is 35.7 Å². The lowest BCUT2D eigenvalue weighted by Crippen LogP contribution is -2.29. The van der Waals surface area contributed by atoms with Crippen molar-refractivity contribution in [3.05, 3.63) is 46.8 Å². The van der Waals surface area contributed by atoms with Gasteiger partial charge in [0.15, 0.2) is 6.10 Å². The van der Waals surface area contributed by atoms with Crippen LogP contribution in [0.2, 0.25) is 0 Å². The van der Waals surface area contributed by atoms with Crippen LogP contribution in [-0.4, -0.2) is 37.3 Å². The fourth-order valence-corrected chi connectivity index (χ4v) is 3.38. The highest BCUT2D eigenvalue weighted by molar-refractivity contribution is 7.14. The molecule has 28 heavy (non-hydrogen) atoms. The van der Waals surface area contributed by atoms with Crippen molar-refractivity contribution >= 4 is 28.2 Å². The van der Waals surface area contributed by atoms with Crippen molar-refractivity contribution in [2.24, 2.45) is 0 Å². The standard InChI is InChI=1S/C20H20N2O5S/c1-13(18(23)22-19-15(11-21)8-10-28-19)27-20(24)14-4-6-16(7-5-14)26-12-17-3-2-9-25-17/h4-8,10,13,17H,2-3,9,12H2,1H3,(H,22,23)/t13-,17+/m0/s1. The van der Waals surface area contributed by atoms with Gasteiger partial charge in [-0.25, -0.2) is 4.79 Å². The number of anilines is 1. The second-order valence-electron chi connectivity index (χ2n) is 6.28. The monoisotopic (exact) mass is 400 g/mol. The smallest absolute Gasteiger partial charge is 0.338 e. The summed E-state index contributed by atoms with van der Waals surface area (Å²) in [4.78, 5) is 24.4. The Morgan fingerprint density at radius 1 is 1.36 bits per heavy atom. The summed E-state index contributed by atoms with van der Waals surface area (Å²) in [5.41, 5.74) is 0.688. The van der Waals surface area contributed by atoms with E-state index in [1.807, 2.05) is 6.07 Å². The summed E-state index contributed by atoms with van der Waals surface area (Å²) in [6.45, 7) is 2.73. The summed E-state index contributed by atoms with van der Waals surface area (Å²) >= 11 is 1.23. The number of carbonyl (C=O) groups is 2. The van der Waals surface area contributed by atoms with Crippen LogP contribution in [0.4, 0.5) is 5.00 Å². The third kappa shape index (κ3) is 5.09. The van der Waals surface area contributed by atoms with E-state index in [4.69, 9.17) is 19.5 Å². The van der Waals surface area contributed by atoms with Crippen molar-refractivity contribution in [1.29, 1.82) is 5.26 Å². The molecule has 0 radical (unpaired) electrons. The maximum Gasteiger partial charge on any atom is 0.338 e. The molecule has 1 fully saturated rings. The summed E-state index contributed by atoms with van der Waals surface area (Å²) in [6, 6.07) is 10.1. The highest BCUT2D eigenvalue weighted by Crippen LogP contribution is 2.22. The third-order valence-electron chi connectivity index (χ3n) is 4.23. The number of hydrogen-bond acceptors (Lipinski definition) is 7. The Morgan fingerprint density at radius 3 is 2.82 bits per heavy atom. The molecule has 1 N–H and O–H groups in total. The molecule has 0 unspecified atom stereocenters. The average Bonchev–Trinajstić information content (AvgIpc) is 3.38. The van der Waals surface area contributed by atoms with Crippen LogP contribution in [-0.2, 0) is 14.3 Å². The third-order valence-corrected chi connectivity index (χ3v) is 5.06. The van der Waals surface area contributed by atoms with E-state index in [1.54, 1.807) is 35.7 Å². The molecule has 1 aromatic carbocycles. The van der Waals surface area contributed by atoms with Gasteiger partial charge in [-0.1, -0.05) is 0 Å². The van der Waals surface area contributed by atoms with Crippen LogP contribution in [0.3, 0.4) is 0 Å². The van der Waals surface area contributed by atoms with Gasteiger partial charge in [0.05, 0.1) is 17.2 Å². The normalized spacial score (nSPS) is 16.8. The molecule has 1 amide bonds. The molecular weight excluding hydrogens is 380 g/mol. The number of nitrogens with one attached hydrogen (secondary N) is 1. The van der Waals surface area contributed by atoms with Crippen LogP contribution in [0.15, 0.2) is 35.7 Å². The lowest BCUT2D eigenvalue weighted by molar-refractivity contribution is -0.123. The highest BCUT2D eigenvalue weighted by atomic mass is 32.1. The predicted octanol–water partition coefficient (Wildman–Crippen LogP) is 3.36. The largest absolute Gasteiger partial charge is 0.491 e. The summed E-state index contributed by atoms with van der Waals surface area (Å²) < 4.78 is 16.4. The average molecular weight is 400 g/mol. The lowest BCUT2D eigenvalue weighted by Gasteiger charge is -2.14. The summed E-state index contributed by atoms with van der Waals surface area (Å²) in [7, 11) is 0. The van der Waals surface area contributed by atoms with Gasteiger partial charge in [-0.05, 0) is 55.5 Å². The topological polar surface area (TPSA) is 97.7 Å². The fraction of sp³-hybridized carbons (Fsp3) is 0.350. The number of rotatable bonds is 7. The Morgan fingerprint density at radius 2 is 2.14 bits per heavy atom. The Labute approximate surface area is 166 Å². The minimum absolute atomic E-state index is 0.119. The van der Waals surface area contributed by atoms with Gasteiger partial charge >= 0.3 is 5.97 Å². The van der Waals surface area contributed by atoms with E-state index in [0.29, 0.717) is 28.5 Å². The van der Waals surface area contributed by atoms with Crippen LogP contribution in [0.25, 0.3) is 0 Å². The molecular formula is C20H20N2O5S. The predicted molar refractivity (Wildman–Crippen MR) is 103 cm³/mol. The number of benzene rings is 1. The SMILES string of the molecule is C[C@H](OC(=O)c1ccc(OC[C@H]2CCCO2)cc1)C(=O)Nc1sccc1C#N. The van der Waals surface area contributed by atoms with Gasteiger partial charge in [0, 0.05) is 6.61 Å². The van der Waals surface area contributed by atoms with E-state index in [9.17, 15) is 9.59 Å². The van der Waals surface area contributed by atoms with E-state index < -0.39 is 18.0 Å². The zero-order valence-corrected chi connectivity index (χ0v) is 16.2. The molecule has 0 aliphatic carbocycles. The van der Waals surface area contributed by atoms with Crippen molar-refractivity contribution in [2.45, 2.75) is 32.0 Å². The van der Waals surface area contributed by atoms with E-state index in [1.165, 1.54) is 18.3 Å². The van der Waals surface area contributed by atoms with Crippen molar-refractivity contribution in [2.75, 3.05) is 18.5 Å². The first kappa shape index (κ1) is 19.9. The minimum atomic E-state index is -1.00. The first-order valence-corrected chi connectivity index (χ1v) is 9.78. The molecule has 1 aliphatic rings. The molecule has 0 bridgehead atoms. The Balaban J connectivity index is 1.50. The first-order chi connectivity index (χ1) is 13.6. The number of amides is 1. The van der Waals surface area contributed by atoms with Gasteiger partial charge in [-0.15, -0.1) is 11.3 Å². The Hall–Kier alpha value is -2.89. The van der Waals surface area contributed by atoms with Gasteiger partial charge in [0.1, 0.15) is 23.4 Å². The molecule has 1 aromatic heterocycles. The van der Waals surface area contributed by atoms with E-state index >= 15 is 0 Å². The second-order valence-corrected chi connectivity index (χ2v) is 7.20. The molecule has 2 atom stereocenters. The molecule has 146 valence electrons. The molecule has 0 saturated carbocycles. The zero-order valence-electron chi connectivity index (χ0n) is 15.3. The summed E-state index contributed by atoms with van der Waals surface area (Å²) in [6.07, 6.45) is 1.16. The number of thiophene rings is 1. The maximum atomic E-state index is 12.3. The first-order valence-electron chi connectivity index (χ1n) is 8.90. The van der Waals surface area contributed by atoms with Gasteiger partial charge < -0.3 is 19.5 Å². The molecule has 1 aliphatic heterocycles. The number of carbonyl (C=O) groups excluding carboxylic acids is 2. The molecule has 8 heteroatoms. The number of esters is 1. The molecule has 1 saturated heterocycles. The molecule has 2 aromatic rings. The summed E-state index contributed by atoms with van der Waals surface area (Å²) in [5, 5.41) is 13.7. The van der Waals surface area contributed by atoms with Gasteiger partial charge in [-0.3, -0.25) is 4.79 Å². The van der Waals surface area contributed by atoms with Crippen LogP contribution in [0, 0.1) is 11.3 Å². The van der Waals surface area contributed by atoms with E-state index in [-0.39, 0.29) is 6.10 Å². The van der Waals surface area contributed by atoms with Crippen molar-refractivity contribution < 1.29 is 23.8 Å². The Bertz CT molecular complexity index is 865. The van der Waals surface area contributed by atoms with Crippen molar-refractivity contribution in [3.63, 3.8) is 0 Å².